The number of aliphatic hydroxyl groups excluding tert-OH is 1. The van der Waals surface area contributed by atoms with Crippen LogP contribution in [0.5, 0.6) is 5.75 Å². The summed E-state index contributed by atoms with van der Waals surface area (Å²) in [5, 5.41) is 8.88. The van der Waals surface area contributed by atoms with Crippen LogP contribution >= 0.6 is 0 Å². The molecule has 1 heterocycles. The molecule has 0 atom stereocenters. The molecule has 0 unspecified atom stereocenters. The van der Waals surface area contributed by atoms with Crippen molar-refractivity contribution in [3.63, 3.8) is 0 Å². The largest absolute Gasteiger partial charge is 0.484 e. The fourth-order valence-electron chi connectivity index (χ4n) is 2.30. The number of ether oxygens (including phenoxy) is 1. The predicted molar refractivity (Wildman–Crippen MR) is 76.8 cm³/mol. The van der Waals surface area contributed by atoms with Gasteiger partial charge < -0.3 is 14.7 Å². The van der Waals surface area contributed by atoms with Crippen LogP contribution in [0, 0.1) is 6.92 Å². The van der Waals surface area contributed by atoms with Gasteiger partial charge in [-0.3, -0.25) is 9.69 Å². The van der Waals surface area contributed by atoms with Crippen LogP contribution in [-0.2, 0) is 4.79 Å². The quantitative estimate of drug-likeness (QED) is 0.853. The maximum absolute atomic E-state index is 12.1. The first kappa shape index (κ1) is 14.8. The highest BCUT2D eigenvalue weighted by Gasteiger charge is 2.20. The zero-order chi connectivity index (χ0) is 14.4. The Kier molecular flexibility index (Phi) is 5.38. The number of aryl methyl sites for hydroxylation is 1. The van der Waals surface area contributed by atoms with Crippen molar-refractivity contribution >= 4 is 5.91 Å². The first-order valence-corrected chi connectivity index (χ1v) is 6.99. The summed E-state index contributed by atoms with van der Waals surface area (Å²) in [5.74, 6) is 0.757. The van der Waals surface area contributed by atoms with E-state index in [4.69, 9.17) is 9.84 Å². The van der Waals surface area contributed by atoms with Gasteiger partial charge >= 0.3 is 0 Å². The fraction of sp³-hybridized carbons (Fsp3) is 0.533. The Labute approximate surface area is 119 Å². The van der Waals surface area contributed by atoms with Crippen molar-refractivity contribution in [3.05, 3.63) is 29.8 Å². The zero-order valence-electron chi connectivity index (χ0n) is 11.9. The van der Waals surface area contributed by atoms with Crippen molar-refractivity contribution < 1.29 is 14.6 Å². The number of β-amino-alcohol motifs (C(OH)–C–C–N with tert-alkyl or cyclic N) is 1. The van der Waals surface area contributed by atoms with E-state index in [1.165, 1.54) is 0 Å². The second kappa shape index (κ2) is 7.26. The summed E-state index contributed by atoms with van der Waals surface area (Å²) in [6, 6.07) is 7.70. The van der Waals surface area contributed by atoms with Crippen LogP contribution in [0.2, 0.25) is 0 Å². The van der Waals surface area contributed by atoms with Crippen molar-refractivity contribution in [1.29, 1.82) is 0 Å². The van der Waals surface area contributed by atoms with E-state index in [-0.39, 0.29) is 19.1 Å². The molecule has 5 heteroatoms. The predicted octanol–water partition coefficient (Wildman–Crippen LogP) is 0.510. The van der Waals surface area contributed by atoms with Gasteiger partial charge in [0.1, 0.15) is 5.75 Å². The average molecular weight is 278 g/mol. The normalized spacial score (nSPS) is 16.2. The molecule has 1 fully saturated rings. The SMILES string of the molecule is Cc1cccc(OCC(=O)N2CCN(CCO)CC2)c1. The van der Waals surface area contributed by atoms with E-state index in [9.17, 15) is 4.79 Å². The Morgan fingerprint density at radius 2 is 2.05 bits per heavy atom. The molecule has 0 radical (unpaired) electrons. The van der Waals surface area contributed by atoms with Crippen molar-refractivity contribution in [2.75, 3.05) is 45.9 Å². The minimum atomic E-state index is 0.0233. The molecule has 110 valence electrons. The molecule has 0 aromatic heterocycles. The van der Waals surface area contributed by atoms with Crippen molar-refractivity contribution in [2.24, 2.45) is 0 Å². The molecule has 1 aliphatic heterocycles. The van der Waals surface area contributed by atoms with Gasteiger partial charge in [-0.25, -0.2) is 0 Å². The summed E-state index contributed by atoms with van der Waals surface area (Å²) in [4.78, 5) is 16.0. The minimum Gasteiger partial charge on any atom is -0.484 e. The highest BCUT2D eigenvalue weighted by molar-refractivity contribution is 5.77. The summed E-state index contributed by atoms with van der Waals surface area (Å²) < 4.78 is 5.53. The van der Waals surface area contributed by atoms with Crippen LogP contribution in [0.3, 0.4) is 0 Å². The van der Waals surface area contributed by atoms with E-state index in [1.54, 1.807) is 0 Å². The number of nitrogens with zero attached hydrogens (tertiary/aromatic N) is 2. The van der Waals surface area contributed by atoms with Crippen LogP contribution in [0.25, 0.3) is 0 Å². The lowest BCUT2D eigenvalue weighted by molar-refractivity contribution is -0.135. The Morgan fingerprint density at radius 3 is 2.70 bits per heavy atom. The summed E-state index contributed by atoms with van der Waals surface area (Å²) in [5.41, 5.74) is 1.12. The van der Waals surface area contributed by atoms with E-state index in [1.807, 2.05) is 36.1 Å². The maximum Gasteiger partial charge on any atom is 0.260 e. The van der Waals surface area contributed by atoms with Crippen LogP contribution < -0.4 is 4.74 Å². The molecule has 0 aliphatic carbocycles. The van der Waals surface area contributed by atoms with E-state index in [0.29, 0.717) is 19.6 Å². The molecule has 1 N–H and O–H groups in total. The van der Waals surface area contributed by atoms with Gasteiger partial charge in [0.05, 0.1) is 6.61 Å². The van der Waals surface area contributed by atoms with Crippen LogP contribution in [0.15, 0.2) is 24.3 Å². The summed E-state index contributed by atoms with van der Waals surface area (Å²) >= 11 is 0. The first-order chi connectivity index (χ1) is 9.69. The second-order valence-corrected chi connectivity index (χ2v) is 5.05. The molecule has 1 amide bonds. The number of hydrogen-bond donors (Lipinski definition) is 1. The Hall–Kier alpha value is -1.59. The van der Waals surface area contributed by atoms with Gasteiger partial charge in [-0.05, 0) is 24.6 Å². The first-order valence-electron chi connectivity index (χ1n) is 6.99. The summed E-state index contributed by atoms with van der Waals surface area (Å²) in [6.07, 6.45) is 0. The van der Waals surface area contributed by atoms with Crippen molar-refractivity contribution in [2.45, 2.75) is 6.92 Å². The fourth-order valence-corrected chi connectivity index (χ4v) is 2.30. The third kappa shape index (κ3) is 4.21. The van der Waals surface area contributed by atoms with Gasteiger partial charge in [0.25, 0.3) is 5.91 Å². The summed E-state index contributed by atoms with van der Waals surface area (Å²) in [7, 11) is 0. The lowest BCUT2D eigenvalue weighted by Gasteiger charge is -2.34. The van der Waals surface area contributed by atoms with Crippen LogP contribution in [0.1, 0.15) is 5.56 Å². The molecule has 5 nitrogen and oxygen atoms in total. The topological polar surface area (TPSA) is 53.0 Å². The smallest absolute Gasteiger partial charge is 0.260 e. The monoisotopic (exact) mass is 278 g/mol. The summed E-state index contributed by atoms with van der Waals surface area (Å²) in [6.45, 7) is 5.98. The number of piperazine rings is 1. The van der Waals surface area contributed by atoms with Gasteiger partial charge in [0.2, 0.25) is 0 Å². The van der Waals surface area contributed by atoms with Crippen molar-refractivity contribution in [1.82, 2.24) is 9.80 Å². The molecule has 0 spiro atoms. The standard InChI is InChI=1S/C15H22N2O3/c1-13-3-2-4-14(11-13)20-12-15(19)17-7-5-16(6-8-17)9-10-18/h2-4,11,18H,5-10,12H2,1H3. The highest BCUT2D eigenvalue weighted by Crippen LogP contribution is 2.12. The molecule has 2 rings (SSSR count). The third-order valence-corrected chi connectivity index (χ3v) is 3.49. The van der Waals surface area contributed by atoms with Crippen molar-refractivity contribution in [3.8, 4) is 5.75 Å². The molecule has 0 saturated carbocycles. The Morgan fingerprint density at radius 1 is 1.30 bits per heavy atom. The number of hydrogen-bond acceptors (Lipinski definition) is 4. The number of aliphatic hydroxyl groups is 1. The number of carbonyl (C=O) groups is 1. The molecule has 1 aromatic rings. The van der Waals surface area contributed by atoms with E-state index < -0.39 is 0 Å². The lowest BCUT2D eigenvalue weighted by Crippen LogP contribution is -2.50. The van der Waals surface area contributed by atoms with Gasteiger partial charge in [0.15, 0.2) is 6.61 Å². The zero-order valence-corrected chi connectivity index (χ0v) is 11.9. The number of amides is 1. The molecule has 1 saturated heterocycles. The van der Waals surface area contributed by atoms with E-state index in [2.05, 4.69) is 4.90 Å². The molecular formula is C15H22N2O3. The molecule has 1 aliphatic rings. The van der Waals surface area contributed by atoms with Gasteiger partial charge in [0, 0.05) is 32.7 Å². The maximum atomic E-state index is 12.1. The second-order valence-electron chi connectivity index (χ2n) is 5.05. The highest BCUT2D eigenvalue weighted by atomic mass is 16.5. The van der Waals surface area contributed by atoms with E-state index >= 15 is 0 Å². The molecular weight excluding hydrogens is 256 g/mol. The van der Waals surface area contributed by atoms with Gasteiger partial charge in [-0.15, -0.1) is 0 Å². The van der Waals surface area contributed by atoms with Crippen LogP contribution in [0.4, 0.5) is 0 Å². The van der Waals surface area contributed by atoms with Crippen LogP contribution in [-0.4, -0.2) is 66.8 Å². The molecule has 20 heavy (non-hydrogen) atoms. The minimum absolute atomic E-state index is 0.0233. The third-order valence-electron chi connectivity index (χ3n) is 3.49. The molecule has 0 bridgehead atoms. The van der Waals surface area contributed by atoms with E-state index in [0.717, 1.165) is 24.4 Å². The number of rotatable bonds is 5. The molecule has 1 aromatic carbocycles. The Balaban J connectivity index is 1.76. The average Bonchev–Trinajstić information content (AvgIpc) is 2.46. The number of carbonyl (C=O) groups excluding carboxylic acids is 1. The van der Waals surface area contributed by atoms with Gasteiger partial charge in [-0.2, -0.15) is 0 Å². The Bertz CT molecular complexity index is 442. The van der Waals surface area contributed by atoms with Gasteiger partial charge in [-0.1, -0.05) is 12.1 Å². The number of benzene rings is 1. The lowest BCUT2D eigenvalue weighted by atomic mass is 10.2.